The zero-order valence-corrected chi connectivity index (χ0v) is 11.5. The fourth-order valence-electron chi connectivity index (χ4n) is 2.52. The van der Waals surface area contributed by atoms with Gasteiger partial charge >= 0.3 is 0 Å². The average molecular weight is 248 g/mol. The molecule has 0 bridgehead atoms. The highest BCUT2D eigenvalue weighted by molar-refractivity contribution is 5.35. The minimum absolute atomic E-state index is 0.970. The lowest BCUT2D eigenvalue weighted by molar-refractivity contribution is 0.243. The topological polar surface area (TPSA) is 24.5 Å². The molecule has 0 aliphatic carbocycles. The molecule has 0 radical (unpaired) electrons. The number of rotatable bonds is 5. The first-order chi connectivity index (χ1) is 8.83. The molecule has 0 spiro atoms. The van der Waals surface area contributed by atoms with Crippen molar-refractivity contribution >= 4 is 0 Å². The highest BCUT2D eigenvalue weighted by Crippen LogP contribution is 2.19. The van der Waals surface area contributed by atoms with Crippen molar-refractivity contribution in [3.63, 3.8) is 0 Å². The van der Waals surface area contributed by atoms with Gasteiger partial charge in [0.2, 0.25) is 0 Å². The van der Waals surface area contributed by atoms with Crippen LogP contribution >= 0.6 is 0 Å². The maximum absolute atomic E-state index is 5.29. The maximum atomic E-state index is 5.29. The van der Waals surface area contributed by atoms with Crippen molar-refractivity contribution in [2.75, 3.05) is 39.8 Å². The predicted molar refractivity (Wildman–Crippen MR) is 75.4 cm³/mol. The van der Waals surface area contributed by atoms with Crippen molar-refractivity contribution in [3.05, 3.63) is 29.3 Å². The normalized spacial score (nSPS) is 16.8. The second-order valence-electron chi connectivity index (χ2n) is 4.83. The average Bonchev–Trinajstić information content (AvgIpc) is 2.46. The first-order valence-electron chi connectivity index (χ1n) is 6.92. The van der Waals surface area contributed by atoms with Crippen LogP contribution in [-0.2, 0) is 12.8 Å². The van der Waals surface area contributed by atoms with E-state index in [1.165, 1.54) is 30.8 Å². The number of benzene rings is 1. The molecule has 3 heteroatoms. The molecule has 0 unspecified atom stereocenters. The van der Waals surface area contributed by atoms with Crippen LogP contribution in [0.2, 0.25) is 0 Å². The number of ether oxygens (including phenoxy) is 1. The van der Waals surface area contributed by atoms with E-state index in [1.54, 1.807) is 7.11 Å². The first kappa shape index (κ1) is 13.4. The van der Waals surface area contributed by atoms with Crippen molar-refractivity contribution in [2.24, 2.45) is 0 Å². The van der Waals surface area contributed by atoms with Crippen LogP contribution in [0.1, 0.15) is 18.1 Å². The van der Waals surface area contributed by atoms with Crippen LogP contribution in [0.4, 0.5) is 0 Å². The van der Waals surface area contributed by atoms with Crippen molar-refractivity contribution in [3.8, 4) is 5.75 Å². The van der Waals surface area contributed by atoms with Crippen LogP contribution in [0, 0.1) is 0 Å². The van der Waals surface area contributed by atoms with E-state index in [2.05, 4.69) is 35.3 Å². The van der Waals surface area contributed by atoms with E-state index in [9.17, 15) is 0 Å². The number of aryl methyl sites for hydroxylation is 1. The van der Waals surface area contributed by atoms with Gasteiger partial charge in [0.1, 0.15) is 5.75 Å². The summed E-state index contributed by atoms with van der Waals surface area (Å²) in [6.07, 6.45) is 2.22. The van der Waals surface area contributed by atoms with E-state index < -0.39 is 0 Å². The molecule has 3 nitrogen and oxygen atoms in total. The molecule has 0 aromatic heterocycles. The summed E-state index contributed by atoms with van der Waals surface area (Å²) < 4.78 is 5.29. The molecule has 0 saturated carbocycles. The van der Waals surface area contributed by atoms with Crippen molar-refractivity contribution in [1.29, 1.82) is 0 Å². The molecule has 1 fully saturated rings. The Morgan fingerprint density at radius 3 is 2.67 bits per heavy atom. The smallest absolute Gasteiger partial charge is 0.119 e. The van der Waals surface area contributed by atoms with Gasteiger partial charge in [-0.25, -0.2) is 0 Å². The highest BCUT2D eigenvalue weighted by Gasteiger charge is 2.10. The van der Waals surface area contributed by atoms with Crippen molar-refractivity contribution < 1.29 is 4.74 Å². The summed E-state index contributed by atoms with van der Waals surface area (Å²) in [6.45, 7) is 7.99. The van der Waals surface area contributed by atoms with Gasteiger partial charge < -0.3 is 15.0 Å². The van der Waals surface area contributed by atoms with Gasteiger partial charge in [0.05, 0.1) is 7.11 Å². The Balaban J connectivity index is 1.95. The Labute approximate surface area is 110 Å². The Morgan fingerprint density at radius 1 is 1.22 bits per heavy atom. The van der Waals surface area contributed by atoms with E-state index >= 15 is 0 Å². The van der Waals surface area contributed by atoms with Crippen LogP contribution in [0.3, 0.4) is 0 Å². The van der Waals surface area contributed by atoms with Gasteiger partial charge in [0.25, 0.3) is 0 Å². The van der Waals surface area contributed by atoms with E-state index in [0.29, 0.717) is 0 Å². The highest BCUT2D eigenvalue weighted by atomic mass is 16.5. The number of nitrogens with one attached hydrogen (secondary N) is 1. The van der Waals surface area contributed by atoms with Gasteiger partial charge in [-0.15, -0.1) is 0 Å². The van der Waals surface area contributed by atoms with Gasteiger partial charge in [-0.3, -0.25) is 0 Å². The Hall–Kier alpha value is -1.06. The number of methoxy groups -OCH3 is 1. The molecule has 1 aromatic rings. The molecule has 1 aliphatic rings. The lowest BCUT2D eigenvalue weighted by Crippen LogP contribution is -2.44. The second-order valence-corrected chi connectivity index (χ2v) is 4.83. The molecule has 1 N–H and O–H groups in total. The van der Waals surface area contributed by atoms with Crippen molar-refractivity contribution in [2.45, 2.75) is 19.8 Å². The molecule has 0 amide bonds. The number of piperazine rings is 1. The summed E-state index contributed by atoms with van der Waals surface area (Å²) in [5.41, 5.74) is 2.89. The van der Waals surface area contributed by atoms with Gasteiger partial charge in [0.15, 0.2) is 0 Å². The third-order valence-electron chi connectivity index (χ3n) is 3.70. The SMILES string of the molecule is CCc1cc(OC)ccc1CCN1CCNCC1. The standard InChI is InChI=1S/C15H24N2O/c1-3-13-12-15(18-2)5-4-14(13)6-9-17-10-7-16-8-11-17/h4-5,12,16H,3,6-11H2,1-2H3. The molecule has 1 heterocycles. The van der Waals surface area contributed by atoms with Gasteiger partial charge in [-0.05, 0) is 36.1 Å². The quantitative estimate of drug-likeness (QED) is 0.858. The molecule has 0 atom stereocenters. The molecular formula is C15H24N2O. The molecule has 1 aliphatic heterocycles. The van der Waals surface area contributed by atoms with Gasteiger partial charge in [-0.2, -0.15) is 0 Å². The van der Waals surface area contributed by atoms with Crippen LogP contribution in [0.5, 0.6) is 5.75 Å². The lowest BCUT2D eigenvalue weighted by Gasteiger charge is -2.27. The Kier molecular flexibility index (Phi) is 5.02. The van der Waals surface area contributed by atoms with Crippen molar-refractivity contribution in [1.82, 2.24) is 10.2 Å². The van der Waals surface area contributed by atoms with Crippen LogP contribution in [0.15, 0.2) is 18.2 Å². The summed E-state index contributed by atoms with van der Waals surface area (Å²) >= 11 is 0. The third kappa shape index (κ3) is 3.47. The van der Waals surface area contributed by atoms with Crippen LogP contribution in [-0.4, -0.2) is 44.7 Å². The molecule has 2 rings (SSSR count). The summed E-state index contributed by atoms with van der Waals surface area (Å²) in [6, 6.07) is 6.47. The monoisotopic (exact) mass is 248 g/mol. The fraction of sp³-hybridized carbons (Fsp3) is 0.600. The summed E-state index contributed by atoms with van der Waals surface area (Å²) in [4.78, 5) is 2.54. The van der Waals surface area contributed by atoms with Gasteiger partial charge in [0, 0.05) is 32.7 Å². The van der Waals surface area contributed by atoms with E-state index in [-0.39, 0.29) is 0 Å². The zero-order valence-electron chi connectivity index (χ0n) is 11.5. The molecule has 1 saturated heterocycles. The minimum atomic E-state index is 0.970. The summed E-state index contributed by atoms with van der Waals surface area (Å²) in [7, 11) is 1.73. The third-order valence-corrected chi connectivity index (χ3v) is 3.70. The fourth-order valence-corrected chi connectivity index (χ4v) is 2.52. The predicted octanol–water partition coefficient (Wildman–Crippen LogP) is 1.71. The van der Waals surface area contributed by atoms with Crippen LogP contribution in [0.25, 0.3) is 0 Å². The maximum Gasteiger partial charge on any atom is 0.119 e. The number of nitrogens with zero attached hydrogens (tertiary/aromatic N) is 1. The van der Waals surface area contributed by atoms with E-state index in [4.69, 9.17) is 4.74 Å². The molecule has 100 valence electrons. The largest absolute Gasteiger partial charge is 0.497 e. The van der Waals surface area contributed by atoms with E-state index in [1.807, 2.05) is 0 Å². The molecule has 18 heavy (non-hydrogen) atoms. The minimum Gasteiger partial charge on any atom is -0.497 e. The summed E-state index contributed by atoms with van der Waals surface area (Å²) in [5.74, 6) is 0.970. The van der Waals surface area contributed by atoms with Gasteiger partial charge in [-0.1, -0.05) is 13.0 Å². The number of hydrogen-bond acceptors (Lipinski definition) is 3. The Morgan fingerprint density at radius 2 is 2.00 bits per heavy atom. The number of hydrogen-bond donors (Lipinski definition) is 1. The van der Waals surface area contributed by atoms with Crippen LogP contribution < -0.4 is 10.1 Å². The lowest BCUT2D eigenvalue weighted by atomic mass is 10.0. The molecular weight excluding hydrogens is 224 g/mol. The zero-order chi connectivity index (χ0) is 12.8. The first-order valence-corrected chi connectivity index (χ1v) is 6.92. The van der Waals surface area contributed by atoms with E-state index in [0.717, 1.165) is 31.7 Å². The Bertz CT molecular complexity index is 373. The summed E-state index contributed by atoms with van der Waals surface area (Å²) in [5, 5.41) is 3.39. The second kappa shape index (κ2) is 6.76. The molecule has 1 aromatic carbocycles.